The summed E-state index contributed by atoms with van der Waals surface area (Å²) in [5.74, 6) is 0.225. The van der Waals surface area contributed by atoms with Crippen LogP contribution in [0.3, 0.4) is 0 Å². The number of fused-ring (bicyclic) bond motifs is 5. The second kappa shape index (κ2) is 7.12. The molecular formula is C24H30N4O3. The summed E-state index contributed by atoms with van der Waals surface area (Å²) in [6.45, 7) is 5.47. The summed E-state index contributed by atoms with van der Waals surface area (Å²) in [4.78, 5) is 27.7. The van der Waals surface area contributed by atoms with Gasteiger partial charge in [-0.3, -0.25) is 9.59 Å². The van der Waals surface area contributed by atoms with Gasteiger partial charge in [0.2, 0.25) is 5.91 Å². The number of amides is 2. The van der Waals surface area contributed by atoms with E-state index in [1.807, 2.05) is 42.8 Å². The molecule has 31 heavy (non-hydrogen) atoms. The lowest BCUT2D eigenvalue weighted by Crippen LogP contribution is -2.48. The highest BCUT2D eigenvalue weighted by molar-refractivity contribution is 6.01. The molecule has 2 aromatic rings. The molecule has 0 saturated carbocycles. The topological polar surface area (TPSA) is 75.6 Å². The van der Waals surface area contributed by atoms with E-state index in [1.54, 1.807) is 6.07 Å². The highest BCUT2D eigenvalue weighted by Gasteiger charge is 2.40. The van der Waals surface area contributed by atoms with Gasteiger partial charge in [-0.1, -0.05) is 0 Å². The van der Waals surface area contributed by atoms with Gasteiger partial charge in [0.25, 0.3) is 5.91 Å². The predicted octanol–water partition coefficient (Wildman–Crippen LogP) is 3.42. The highest BCUT2D eigenvalue weighted by Crippen LogP contribution is 2.43. The van der Waals surface area contributed by atoms with Crippen molar-refractivity contribution in [1.29, 1.82) is 0 Å². The summed E-state index contributed by atoms with van der Waals surface area (Å²) in [6.07, 6.45) is 6.32. The third-order valence-electron chi connectivity index (χ3n) is 7.05. The molecule has 2 saturated heterocycles. The molecule has 2 atom stereocenters. The first-order chi connectivity index (χ1) is 14.7. The summed E-state index contributed by atoms with van der Waals surface area (Å²) < 4.78 is 8.41. The lowest BCUT2D eigenvalue weighted by Gasteiger charge is -2.37. The maximum absolute atomic E-state index is 13.5. The minimum Gasteiger partial charge on any atom is -0.479 e. The number of nitrogens with zero attached hydrogens (tertiary/aromatic N) is 2. The summed E-state index contributed by atoms with van der Waals surface area (Å²) in [5.41, 5.74) is 2.23. The molecule has 2 bridgehead atoms. The molecule has 1 aromatic heterocycles. The second-order valence-corrected chi connectivity index (χ2v) is 9.62. The number of hydrogen-bond donors (Lipinski definition) is 2. The number of aromatic nitrogens is 1. The third kappa shape index (κ3) is 3.41. The van der Waals surface area contributed by atoms with Crippen LogP contribution < -0.4 is 15.4 Å². The van der Waals surface area contributed by atoms with Gasteiger partial charge in [0, 0.05) is 36.9 Å². The van der Waals surface area contributed by atoms with Crippen molar-refractivity contribution in [1.82, 2.24) is 14.8 Å². The number of piperidine rings is 1. The Labute approximate surface area is 182 Å². The molecular weight excluding hydrogens is 392 g/mol. The Kier molecular flexibility index (Phi) is 4.62. The molecule has 2 N–H and O–H groups in total. The maximum atomic E-state index is 13.5. The van der Waals surface area contributed by atoms with Gasteiger partial charge in [-0.2, -0.15) is 0 Å². The standard InChI is InChI=1S/C24H30N4O3/c1-14(29)25-16-12-19(23(30)26-15-10-17-7-8-18(11-15)27(17)4)22-20(13-16)28-9-5-6-21(28)24(2,3)31-22/h5-6,9,12-13,15,17-18H,7-8,10-11H2,1-4H3,(H,25,29)(H,26,30). The zero-order chi connectivity index (χ0) is 21.9. The van der Waals surface area contributed by atoms with E-state index in [2.05, 4.69) is 22.6 Å². The molecule has 4 heterocycles. The third-order valence-corrected chi connectivity index (χ3v) is 7.05. The van der Waals surface area contributed by atoms with Gasteiger partial charge in [-0.25, -0.2) is 0 Å². The fraction of sp³-hybridized carbons (Fsp3) is 0.500. The molecule has 3 aliphatic heterocycles. The van der Waals surface area contributed by atoms with Gasteiger partial charge in [0.05, 0.1) is 16.9 Å². The van der Waals surface area contributed by atoms with Gasteiger partial charge in [-0.15, -0.1) is 0 Å². The van der Waals surface area contributed by atoms with Gasteiger partial charge in [-0.05, 0) is 70.8 Å². The first kappa shape index (κ1) is 20.1. The van der Waals surface area contributed by atoms with Crippen LogP contribution in [-0.4, -0.2) is 46.5 Å². The van der Waals surface area contributed by atoms with Crippen LogP contribution in [0.5, 0.6) is 5.75 Å². The van der Waals surface area contributed by atoms with E-state index < -0.39 is 5.60 Å². The van der Waals surface area contributed by atoms with Crippen LogP contribution in [-0.2, 0) is 10.4 Å². The van der Waals surface area contributed by atoms with E-state index in [0.717, 1.165) is 24.2 Å². The lowest BCUT2D eigenvalue weighted by molar-refractivity contribution is -0.114. The number of carbonyl (C=O) groups is 2. The number of anilines is 1. The highest BCUT2D eigenvalue weighted by atomic mass is 16.5. The van der Waals surface area contributed by atoms with Crippen molar-refractivity contribution in [2.24, 2.45) is 0 Å². The normalized spacial score (nSPS) is 25.9. The average Bonchev–Trinajstić information content (AvgIpc) is 3.25. The zero-order valence-electron chi connectivity index (χ0n) is 18.6. The van der Waals surface area contributed by atoms with E-state index in [1.165, 1.54) is 19.8 Å². The number of nitrogens with one attached hydrogen (secondary N) is 2. The number of hydrogen-bond acceptors (Lipinski definition) is 4. The quantitative estimate of drug-likeness (QED) is 0.795. The van der Waals surface area contributed by atoms with Crippen molar-refractivity contribution in [2.45, 2.75) is 70.2 Å². The average molecular weight is 423 g/mol. The Hall–Kier alpha value is -2.80. The minimum absolute atomic E-state index is 0.149. The Balaban J connectivity index is 1.52. The molecule has 0 radical (unpaired) electrons. The van der Waals surface area contributed by atoms with Crippen molar-refractivity contribution in [3.8, 4) is 11.4 Å². The number of carbonyl (C=O) groups excluding carboxylic acids is 2. The van der Waals surface area contributed by atoms with Crippen molar-refractivity contribution >= 4 is 17.5 Å². The summed E-state index contributed by atoms with van der Waals surface area (Å²) >= 11 is 0. The molecule has 0 spiro atoms. The minimum atomic E-state index is -0.576. The van der Waals surface area contributed by atoms with Crippen LogP contribution in [0.1, 0.15) is 62.5 Å². The van der Waals surface area contributed by atoms with Crippen LogP contribution in [0.2, 0.25) is 0 Å². The predicted molar refractivity (Wildman–Crippen MR) is 119 cm³/mol. The molecule has 0 aliphatic carbocycles. The molecule has 2 amide bonds. The molecule has 1 aromatic carbocycles. The zero-order valence-corrected chi connectivity index (χ0v) is 18.6. The maximum Gasteiger partial charge on any atom is 0.255 e. The fourth-order valence-corrected chi connectivity index (χ4v) is 5.53. The molecule has 7 heteroatoms. The Morgan fingerprint density at radius 1 is 1.16 bits per heavy atom. The Morgan fingerprint density at radius 2 is 1.87 bits per heavy atom. The van der Waals surface area contributed by atoms with Gasteiger partial charge >= 0.3 is 0 Å². The number of ether oxygens (including phenoxy) is 1. The van der Waals surface area contributed by atoms with Crippen molar-refractivity contribution in [2.75, 3.05) is 12.4 Å². The van der Waals surface area contributed by atoms with Crippen LogP contribution in [0.4, 0.5) is 5.69 Å². The second-order valence-electron chi connectivity index (χ2n) is 9.62. The van der Waals surface area contributed by atoms with Gasteiger partial charge in [0.15, 0.2) is 5.75 Å². The fourth-order valence-electron chi connectivity index (χ4n) is 5.53. The first-order valence-electron chi connectivity index (χ1n) is 11.1. The van der Waals surface area contributed by atoms with E-state index in [9.17, 15) is 9.59 Å². The number of benzene rings is 1. The number of rotatable bonds is 3. The Morgan fingerprint density at radius 3 is 2.55 bits per heavy atom. The molecule has 5 rings (SSSR count). The Bertz CT molecular complexity index is 1040. The first-order valence-corrected chi connectivity index (χ1v) is 11.1. The largest absolute Gasteiger partial charge is 0.479 e. The van der Waals surface area contributed by atoms with Crippen LogP contribution in [0.15, 0.2) is 30.5 Å². The van der Waals surface area contributed by atoms with E-state index in [0.29, 0.717) is 29.1 Å². The summed E-state index contributed by atoms with van der Waals surface area (Å²) in [7, 11) is 2.19. The molecule has 7 nitrogen and oxygen atoms in total. The molecule has 164 valence electrons. The smallest absolute Gasteiger partial charge is 0.255 e. The molecule has 2 unspecified atom stereocenters. The van der Waals surface area contributed by atoms with E-state index >= 15 is 0 Å². The molecule has 2 fully saturated rings. The lowest BCUT2D eigenvalue weighted by atomic mass is 9.97. The van der Waals surface area contributed by atoms with Crippen LogP contribution in [0.25, 0.3) is 5.69 Å². The summed E-state index contributed by atoms with van der Waals surface area (Å²) in [5, 5.41) is 6.10. The van der Waals surface area contributed by atoms with E-state index in [4.69, 9.17) is 4.74 Å². The van der Waals surface area contributed by atoms with Crippen LogP contribution >= 0.6 is 0 Å². The van der Waals surface area contributed by atoms with Gasteiger partial charge in [0.1, 0.15) is 5.60 Å². The molecule has 3 aliphatic rings. The summed E-state index contributed by atoms with van der Waals surface area (Å²) in [6, 6.07) is 8.81. The van der Waals surface area contributed by atoms with Crippen molar-refractivity contribution < 1.29 is 14.3 Å². The monoisotopic (exact) mass is 422 g/mol. The van der Waals surface area contributed by atoms with Crippen molar-refractivity contribution in [3.63, 3.8) is 0 Å². The SMILES string of the molecule is CC(=O)Nc1cc(C(=O)NC2CC3CCC(C2)N3C)c2c(c1)-n1cccc1C(C)(C)O2. The van der Waals surface area contributed by atoms with Crippen LogP contribution in [0, 0.1) is 0 Å². The van der Waals surface area contributed by atoms with Gasteiger partial charge < -0.3 is 24.8 Å². The van der Waals surface area contributed by atoms with Crippen molar-refractivity contribution in [3.05, 3.63) is 41.7 Å². The van der Waals surface area contributed by atoms with E-state index in [-0.39, 0.29) is 17.9 Å².